The molecule has 0 aromatic heterocycles. The molecule has 4 nitrogen and oxygen atoms in total. The Morgan fingerprint density at radius 1 is 1.31 bits per heavy atom. The van der Waals surface area contributed by atoms with Gasteiger partial charge in [0.1, 0.15) is 17.6 Å². The SMILES string of the molecule is CC(=O)CC(C)Oc1ccc(C(N)=O)cc1. The first-order valence-electron chi connectivity index (χ1n) is 5.05. The lowest BCUT2D eigenvalue weighted by Gasteiger charge is -2.13. The summed E-state index contributed by atoms with van der Waals surface area (Å²) < 4.78 is 5.49. The van der Waals surface area contributed by atoms with Gasteiger partial charge in [0, 0.05) is 12.0 Å². The van der Waals surface area contributed by atoms with Crippen molar-refractivity contribution in [3.8, 4) is 5.75 Å². The van der Waals surface area contributed by atoms with Gasteiger partial charge in [-0.15, -0.1) is 0 Å². The average Bonchev–Trinajstić information content (AvgIpc) is 2.16. The van der Waals surface area contributed by atoms with Crippen LogP contribution in [0.2, 0.25) is 0 Å². The molecule has 0 saturated carbocycles. The Balaban J connectivity index is 2.61. The van der Waals surface area contributed by atoms with Crippen LogP contribution in [-0.4, -0.2) is 17.8 Å². The van der Waals surface area contributed by atoms with Crippen LogP contribution in [0.25, 0.3) is 0 Å². The fourth-order valence-corrected chi connectivity index (χ4v) is 1.38. The monoisotopic (exact) mass is 221 g/mol. The van der Waals surface area contributed by atoms with Crippen LogP contribution in [0.4, 0.5) is 0 Å². The number of benzene rings is 1. The van der Waals surface area contributed by atoms with Crippen molar-refractivity contribution in [2.45, 2.75) is 26.4 Å². The van der Waals surface area contributed by atoms with Gasteiger partial charge in [-0.25, -0.2) is 0 Å². The number of carbonyl (C=O) groups excluding carboxylic acids is 2. The smallest absolute Gasteiger partial charge is 0.248 e. The number of ether oxygens (including phenoxy) is 1. The third-order valence-corrected chi connectivity index (χ3v) is 2.05. The lowest BCUT2D eigenvalue weighted by molar-refractivity contribution is -0.118. The van der Waals surface area contributed by atoms with E-state index in [1.54, 1.807) is 24.3 Å². The maximum absolute atomic E-state index is 10.8. The number of amides is 1. The molecule has 0 spiro atoms. The third kappa shape index (κ3) is 3.73. The van der Waals surface area contributed by atoms with E-state index >= 15 is 0 Å². The number of carbonyl (C=O) groups is 2. The number of primary amides is 1. The number of hydrogen-bond acceptors (Lipinski definition) is 3. The van der Waals surface area contributed by atoms with Gasteiger partial charge in [0.05, 0.1) is 0 Å². The molecule has 16 heavy (non-hydrogen) atoms. The van der Waals surface area contributed by atoms with Gasteiger partial charge in [-0.2, -0.15) is 0 Å². The highest BCUT2D eigenvalue weighted by Gasteiger charge is 2.07. The average molecular weight is 221 g/mol. The molecule has 1 atom stereocenters. The van der Waals surface area contributed by atoms with Crippen LogP contribution in [0, 0.1) is 0 Å². The topological polar surface area (TPSA) is 69.4 Å². The van der Waals surface area contributed by atoms with Crippen LogP contribution in [0.3, 0.4) is 0 Å². The lowest BCUT2D eigenvalue weighted by atomic mass is 10.2. The summed E-state index contributed by atoms with van der Waals surface area (Å²) in [7, 11) is 0. The molecular formula is C12H15NO3. The zero-order valence-electron chi connectivity index (χ0n) is 9.40. The zero-order valence-corrected chi connectivity index (χ0v) is 9.40. The third-order valence-electron chi connectivity index (χ3n) is 2.05. The highest BCUT2D eigenvalue weighted by Crippen LogP contribution is 2.14. The minimum Gasteiger partial charge on any atom is -0.490 e. The van der Waals surface area contributed by atoms with Gasteiger partial charge in [0.25, 0.3) is 0 Å². The van der Waals surface area contributed by atoms with Gasteiger partial charge in [-0.05, 0) is 38.1 Å². The van der Waals surface area contributed by atoms with Gasteiger partial charge < -0.3 is 10.5 Å². The van der Waals surface area contributed by atoms with Crippen molar-refractivity contribution < 1.29 is 14.3 Å². The summed E-state index contributed by atoms with van der Waals surface area (Å²) in [5.41, 5.74) is 5.54. The largest absolute Gasteiger partial charge is 0.490 e. The van der Waals surface area contributed by atoms with Gasteiger partial charge in [-0.1, -0.05) is 0 Å². The standard InChI is InChI=1S/C12H15NO3/c1-8(14)7-9(2)16-11-5-3-10(4-6-11)12(13)15/h3-6,9H,7H2,1-2H3,(H2,13,15). The number of Topliss-reactive ketones (excluding diaryl/α,β-unsaturated/α-hetero) is 1. The van der Waals surface area contributed by atoms with Crippen molar-refractivity contribution in [1.82, 2.24) is 0 Å². The van der Waals surface area contributed by atoms with E-state index in [-0.39, 0.29) is 11.9 Å². The van der Waals surface area contributed by atoms with Gasteiger partial charge in [-0.3, -0.25) is 9.59 Å². The Bertz CT molecular complexity index is 384. The van der Waals surface area contributed by atoms with Crippen LogP contribution in [-0.2, 0) is 4.79 Å². The van der Waals surface area contributed by atoms with Crippen molar-refractivity contribution in [2.24, 2.45) is 5.73 Å². The van der Waals surface area contributed by atoms with Crippen LogP contribution in [0.15, 0.2) is 24.3 Å². The molecule has 2 N–H and O–H groups in total. The molecule has 0 radical (unpaired) electrons. The molecule has 1 unspecified atom stereocenters. The molecule has 1 aromatic carbocycles. The maximum atomic E-state index is 10.8. The van der Waals surface area contributed by atoms with E-state index in [9.17, 15) is 9.59 Å². The van der Waals surface area contributed by atoms with Crippen LogP contribution in [0.5, 0.6) is 5.75 Å². The fourth-order valence-electron chi connectivity index (χ4n) is 1.38. The lowest BCUT2D eigenvalue weighted by Crippen LogP contribution is -2.15. The molecule has 1 amide bonds. The highest BCUT2D eigenvalue weighted by atomic mass is 16.5. The minimum atomic E-state index is -0.469. The first-order valence-corrected chi connectivity index (χ1v) is 5.05. The van der Waals surface area contributed by atoms with Crippen LogP contribution < -0.4 is 10.5 Å². The van der Waals surface area contributed by atoms with Crippen LogP contribution in [0.1, 0.15) is 30.6 Å². The maximum Gasteiger partial charge on any atom is 0.248 e. The minimum absolute atomic E-state index is 0.0845. The zero-order chi connectivity index (χ0) is 12.1. The Kier molecular flexibility index (Phi) is 4.05. The van der Waals surface area contributed by atoms with Crippen molar-refractivity contribution in [2.75, 3.05) is 0 Å². The molecule has 0 fully saturated rings. The summed E-state index contributed by atoms with van der Waals surface area (Å²) in [6.07, 6.45) is 0.203. The van der Waals surface area contributed by atoms with E-state index in [0.29, 0.717) is 17.7 Å². The molecule has 0 aliphatic heterocycles. The summed E-state index contributed by atoms with van der Waals surface area (Å²) in [6, 6.07) is 6.52. The summed E-state index contributed by atoms with van der Waals surface area (Å²) in [4.78, 5) is 21.7. The van der Waals surface area contributed by atoms with E-state index in [2.05, 4.69) is 0 Å². The highest BCUT2D eigenvalue weighted by molar-refractivity contribution is 5.92. The van der Waals surface area contributed by atoms with Crippen molar-refractivity contribution in [3.63, 3.8) is 0 Å². The quantitative estimate of drug-likeness (QED) is 0.819. The predicted molar refractivity (Wildman–Crippen MR) is 60.3 cm³/mol. The van der Waals surface area contributed by atoms with E-state index in [1.807, 2.05) is 6.92 Å². The molecule has 86 valence electrons. The second-order valence-corrected chi connectivity index (χ2v) is 3.72. The van der Waals surface area contributed by atoms with E-state index < -0.39 is 5.91 Å². The molecular weight excluding hydrogens is 206 g/mol. The number of rotatable bonds is 5. The Morgan fingerprint density at radius 3 is 2.31 bits per heavy atom. The van der Waals surface area contributed by atoms with Crippen LogP contribution >= 0.6 is 0 Å². The van der Waals surface area contributed by atoms with Crippen molar-refractivity contribution >= 4 is 11.7 Å². The summed E-state index contributed by atoms with van der Waals surface area (Å²) in [5.74, 6) is 0.239. The molecule has 0 bridgehead atoms. The predicted octanol–water partition coefficient (Wildman–Crippen LogP) is 1.53. The van der Waals surface area contributed by atoms with E-state index in [4.69, 9.17) is 10.5 Å². The number of nitrogens with two attached hydrogens (primary N) is 1. The fraction of sp³-hybridized carbons (Fsp3) is 0.333. The second kappa shape index (κ2) is 5.30. The van der Waals surface area contributed by atoms with Gasteiger partial charge in [0.2, 0.25) is 5.91 Å². The number of ketones is 1. The summed E-state index contributed by atoms with van der Waals surface area (Å²) in [6.45, 7) is 3.35. The van der Waals surface area contributed by atoms with Gasteiger partial charge >= 0.3 is 0 Å². The molecule has 1 rings (SSSR count). The molecule has 0 aliphatic carbocycles. The molecule has 1 aromatic rings. The van der Waals surface area contributed by atoms with E-state index in [0.717, 1.165) is 0 Å². The number of hydrogen-bond donors (Lipinski definition) is 1. The first kappa shape index (κ1) is 12.2. The van der Waals surface area contributed by atoms with Gasteiger partial charge in [0.15, 0.2) is 0 Å². The Morgan fingerprint density at radius 2 is 1.88 bits per heavy atom. The summed E-state index contributed by atoms with van der Waals surface area (Å²) in [5, 5.41) is 0. The molecule has 0 saturated heterocycles. The van der Waals surface area contributed by atoms with E-state index in [1.165, 1.54) is 6.92 Å². The summed E-state index contributed by atoms with van der Waals surface area (Å²) >= 11 is 0. The van der Waals surface area contributed by atoms with Crippen molar-refractivity contribution in [3.05, 3.63) is 29.8 Å². The first-order chi connectivity index (χ1) is 7.49. The molecule has 0 aliphatic rings. The Hall–Kier alpha value is -1.84. The Labute approximate surface area is 94.4 Å². The van der Waals surface area contributed by atoms with Crippen molar-refractivity contribution in [1.29, 1.82) is 0 Å². The normalized spacial score (nSPS) is 11.9. The molecule has 0 heterocycles. The molecule has 4 heteroatoms. The second-order valence-electron chi connectivity index (χ2n) is 3.72.